The highest BCUT2D eigenvalue weighted by Gasteiger charge is 2.20. The molecular weight excluding hydrogens is 368 g/mol. The SMILES string of the molecule is COC(=O)c1ccc(CN(C)C(=O)c2cc(C(=O)OC)cc([N+](=O)[O-])c2)cc1. The van der Waals surface area contributed by atoms with E-state index in [1.807, 2.05) is 0 Å². The molecule has 2 aromatic carbocycles. The molecule has 0 bridgehead atoms. The van der Waals surface area contributed by atoms with Crippen LogP contribution in [0.3, 0.4) is 0 Å². The molecule has 2 rings (SSSR count). The fourth-order valence-electron chi connectivity index (χ4n) is 2.51. The van der Waals surface area contributed by atoms with Crippen molar-refractivity contribution in [2.75, 3.05) is 21.3 Å². The van der Waals surface area contributed by atoms with E-state index in [-0.39, 0.29) is 23.4 Å². The van der Waals surface area contributed by atoms with E-state index in [4.69, 9.17) is 0 Å². The molecule has 9 heteroatoms. The quantitative estimate of drug-likeness (QED) is 0.425. The number of ether oxygens (including phenoxy) is 2. The van der Waals surface area contributed by atoms with Gasteiger partial charge in [-0.25, -0.2) is 9.59 Å². The fraction of sp³-hybridized carbons (Fsp3) is 0.211. The van der Waals surface area contributed by atoms with Crippen LogP contribution < -0.4 is 0 Å². The van der Waals surface area contributed by atoms with E-state index in [9.17, 15) is 24.5 Å². The molecule has 146 valence electrons. The summed E-state index contributed by atoms with van der Waals surface area (Å²) in [4.78, 5) is 47.6. The predicted molar refractivity (Wildman–Crippen MR) is 98.0 cm³/mol. The molecule has 0 radical (unpaired) electrons. The molecule has 0 spiro atoms. The predicted octanol–water partition coefficient (Wildman–Crippen LogP) is 2.44. The van der Waals surface area contributed by atoms with Gasteiger partial charge in [0.05, 0.1) is 30.3 Å². The lowest BCUT2D eigenvalue weighted by molar-refractivity contribution is -0.384. The van der Waals surface area contributed by atoms with Crippen LogP contribution in [0.2, 0.25) is 0 Å². The minimum atomic E-state index is -0.779. The number of nitrogens with zero attached hydrogens (tertiary/aromatic N) is 2. The van der Waals surface area contributed by atoms with Crippen molar-refractivity contribution in [3.05, 3.63) is 74.8 Å². The number of nitro benzene ring substituents is 1. The minimum Gasteiger partial charge on any atom is -0.465 e. The Morgan fingerprint density at radius 3 is 2.00 bits per heavy atom. The molecular formula is C19H18N2O7. The van der Waals surface area contributed by atoms with Crippen LogP contribution in [-0.2, 0) is 16.0 Å². The Hall–Kier alpha value is -3.75. The van der Waals surface area contributed by atoms with Gasteiger partial charge in [-0.2, -0.15) is 0 Å². The van der Waals surface area contributed by atoms with Gasteiger partial charge in [-0.1, -0.05) is 12.1 Å². The lowest BCUT2D eigenvalue weighted by atomic mass is 10.1. The second kappa shape index (κ2) is 8.76. The monoisotopic (exact) mass is 386 g/mol. The molecule has 0 aromatic heterocycles. The number of non-ortho nitro benzene ring substituents is 1. The number of nitro groups is 1. The van der Waals surface area contributed by atoms with E-state index < -0.39 is 22.8 Å². The first kappa shape index (κ1) is 20.6. The maximum atomic E-state index is 12.7. The number of hydrogen-bond donors (Lipinski definition) is 0. The largest absolute Gasteiger partial charge is 0.465 e. The van der Waals surface area contributed by atoms with Gasteiger partial charge in [-0.05, 0) is 23.8 Å². The number of carbonyl (C=O) groups is 3. The molecule has 0 saturated heterocycles. The second-order valence-corrected chi connectivity index (χ2v) is 5.87. The molecule has 0 N–H and O–H groups in total. The normalized spacial score (nSPS) is 10.1. The van der Waals surface area contributed by atoms with Crippen molar-refractivity contribution in [1.82, 2.24) is 4.90 Å². The van der Waals surface area contributed by atoms with E-state index in [0.717, 1.165) is 24.8 Å². The van der Waals surface area contributed by atoms with Gasteiger partial charge in [0, 0.05) is 31.3 Å². The number of esters is 2. The third-order valence-electron chi connectivity index (χ3n) is 3.94. The van der Waals surface area contributed by atoms with Crippen molar-refractivity contribution in [3.63, 3.8) is 0 Å². The third kappa shape index (κ3) is 4.70. The Bertz CT molecular complexity index is 922. The van der Waals surface area contributed by atoms with Crippen molar-refractivity contribution in [2.24, 2.45) is 0 Å². The number of rotatable bonds is 6. The number of carbonyl (C=O) groups excluding carboxylic acids is 3. The molecule has 0 aliphatic heterocycles. The Kier molecular flexibility index (Phi) is 6.43. The van der Waals surface area contributed by atoms with E-state index >= 15 is 0 Å². The maximum Gasteiger partial charge on any atom is 0.338 e. The van der Waals surface area contributed by atoms with Crippen molar-refractivity contribution >= 4 is 23.5 Å². The fourth-order valence-corrected chi connectivity index (χ4v) is 2.51. The second-order valence-electron chi connectivity index (χ2n) is 5.87. The zero-order valence-electron chi connectivity index (χ0n) is 15.5. The molecule has 0 unspecified atom stereocenters. The van der Waals surface area contributed by atoms with Crippen LogP contribution in [0.4, 0.5) is 5.69 Å². The van der Waals surface area contributed by atoms with Crippen LogP contribution in [-0.4, -0.2) is 48.9 Å². The molecule has 28 heavy (non-hydrogen) atoms. The van der Waals surface area contributed by atoms with Crippen molar-refractivity contribution in [1.29, 1.82) is 0 Å². The first-order valence-electron chi connectivity index (χ1n) is 8.07. The van der Waals surface area contributed by atoms with Gasteiger partial charge in [0.2, 0.25) is 0 Å². The summed E-state index contributed by atoms with van der Waals surface area (Å²) < 4.78 is 9.20. The van der Waals surface area contributed by atoms with Gasteiger partial charge in [0.15, 0.2) is 0 Å². The van der Waals surface area contributed by atoms with Gasteiger partial charge in [-0.3, -0.25) is 14.9 Å². The van der Waals surface area contributed by atoms with Gasteiger partial charge < -0.3 is 14.4 Å². The molecule has 0 aliphatic carbocycles. The lowest BCUT2D eigenvalue weighted by Gasteiger charge is -2.18. The number of hydrogen-bond acceptors (Lipinski definition) is 7. The standard InChI is InChI=1S/C19H18N2O7/c1-20(11-12-4-6-13(7-5-12)18(23)27-2)17(22)14-8-15(19(24)28-3)10-16(9-14)21(25)26/h4-10H,11H2,1-3H3. The third-order valence-corrected chi connectivity index (χ3v) is 3.94. The molecule has 0 fully saturated rings. The smallest absolute Gasteiger partial charge is 0.338 e. The van der Waals surface area contributed by atoms with Crippen LogP contribution in [0, 0.1) is 10.1 Å². The van der Waals surface area contributed by atoms with Gasteiger partial charge >= 0.3 is 11.9 Å². The average molecular weight is 386 g/mol. The van der Waals surface area contributed by atoms with Crippen molar-refractivity contribution < 1.29 is 28.8 Å². The van der Waals surface area contributed by atoms with Gasteiger partial charge in [-0.15, -0.1) is 0 Å². The zero-order valence-corrected chi connectivity index (χ0v) is 15.5. The van der Waals surface area contributed by atoms with E-state index in [1.54, 1.807) is 24.3 Å². The first-order chi connectivity index (χ1) is 13.3. The number of methoxy groups -OCH3 is 2. The summed E-state index contributed by atoms with van der Waals surface area (Å²) >= 11 is 0. The maximum absolute atomic E-state index is 12.7. The zero-order chi connectivity index (χ0) is 20.8. The Morgan fingerprint density at radius 1 is 0.929 bits per heavy atom. The number of amides is 1. The van der Waals surface area contributed by atoms with E-state index in [1.165, 1.54) is 25.1 Å². The average Bonchev–Trinajstić information content (AvgIpc) is 2.71. The molecule has 0 atom stereocenters. The topological polar surface area (TPSA) is 116 Å². The summed E-state index contributed by atoms with van der Waals surface area (Å²) in [6.07, 6.45) is 0. The Labute approximate surface area is 160 Å². The summed E-state index contributed by atoms with van der Waals surface area (Å²) in [6.45, 7) is 0.191. The molecule has 2 aromatic rings. The van der Waals surface area contributed by atoms with E-state index in [0.29, 0.717) is 5.56 Å². The van der Waals surface area contributed by atoms with Crippen molar-refractivity contribution in [2.45, 2.75) is 6.54 Å². The summed E-state index contributed by atoms with van der Waals surface area (Å²) in [5, 5.41) is 11.1. The summed E-state index contributed by atoms with van der Waals surface area (Å²) in [7, 11) is 3.95. The summed E-state index contributed by atoms with van der Waals surface area (Å²) in [5.74, 6) is -1.76. The van der Waals surface area contributed by atoms with Crippen LogP contribution in [0.25, 0.3) is 0 Å². The number of benzene rings is 2. The molecule has 0 aliphatic rings. The van der Waals surface area contributed by atoms with Crippen LogP contribution in [0.1, 0.15) is 36.6 Å². The van der Waals surface area contributed by atoms with Gasteiger partial charge in [0.1, 0.15) is 0 Å². The van der Waals surface area contributed by atoms with Gasteiger partial charge in [0.25, 0.3) is 11.6 Å². The van der Waals surface area contributed by atoms with Crippen molar-refractivity contribution in [3.8, 4) is 0 Å². The van der Waals surface area contributed by atoms with E-state index in [2.05, 4.69) is 9.47 Å². The van der Waals surface area contributed by atoms with Crippen LogP contribution in [0.5, 0.6) is 0 Å². The van der Waals surface area contributed by atoms with Crippen LogP contribution in [0.15, 0.2) is 42.5 Å². The lowest BCUT2D eigenvalue weighted by Crippen LogP contribution is -2.26. The summed E-state index contributed by atoms with van der Waals surface area (Å²) in [6, 6.07) is 9.88. The minimum absolute atomic E-state index is 0.0109. The summed E-state index contributed by atoms with van der Waals surface area (Å²) in [5.41, 5.74) is 0.630. The highest BCUT2D eigenvalue weighted by Crippen LogP contribution is 2.20. The molecule has 9 nitrogen and oxygen atoms in total. The molecule has 1 amide bonds. The Morgan fingerprint density at radius 2 is 1.46 bits per heavy atom. The molecule has 0 heterocycles. The molecule has 0 saturated carbocycles. The first-order valence-corrected chi connectivity index (χ1v) is 8.07. The van der Waals surface area contributed by atoms with Crippen LogP contribution >= 0.6 is 0 Å². The Balaban J connectivity index is 2.24. The highest BCUT2D eigenvalue weighted by molar-refractivity contribution is 5.98. The highest BCUT2D eigenvalue weighted by atomic mass is 16.6.